The average Bonchev–Trinajstić information content (AvgIpc) is 2.87. The number of carbonyl (C=O) groups is 1. The van der Waals surface area contributed by atoms with Gasteiger partial charge in [-0.1, -0.05) is 29.8 Å². The normalized spacial score (nSPS) is 10.4. The third-order valence-electron chi connectivity index (χ3n) is 2.58. The lowest BCUT2D eigenvalue weighted by atomic mass is 10.2. The summed E-state index contributed by atoms with van der Waals surface area (Å²) in [7, 11) is 3.01. The first-order chi connectivity index (χ1) is 8.61. The molecular weight excluding hydrogens is 248 g/mol. The Kier molecular flexibility index (Phi) is 3.74. The van der Waals surface area contributed by atoms with Gasteiger partial charge in [-0.05, 0) is 6.92 Å². The lowest BCUT2D eigenvalue weighted by molar-refractivity contribution is -0.0760. The highest BCUT2D eigenvalue weighted by molar-refractivity contribution is 7.13. The second-order valence-electron chi connectivity index (χ2n) is 3.89. The predicted molar refractivity (Wildman–Crippen MR) is 71.4 cm³/mol. The van der Waals surface area contributed by atoms with Gasteiger partial charge < -0.3 is 0 Å². The van der Waals surface area contributed by atoms with Crippen LogP contribution in [0.4, 0.5) is 0 Å². The van der Waals surface area contributed by atoms with Gasteiger partial charge in [0.1, 0.15) is 10.7 Å². The molecule has 2 rings (SSSR count). The molecule has 0 unspecified atom stereocenters. The zero-order valence-corrected chi connectivity index (χ0v) is 11.3. The quantitative estimate of drug-likeness (QED) is 0.799. The van der Waals surface area contributed by atoms with Crippen molar-refractivity contribution >= 4 is 17.2 Å². The van der Waals surface area contributed by atoms with Gasteiger partial charge in [-0.25, -0.2) is 10.0 Å². The molecule has 2 aromatic rings. The number of rotatable bonds is 3. The maximum absolute atomic E-state index is 11.8. The molecule has 94 valence electrons. The van der Waals surface area contributed by atoms with Gasteiger partial charge in [0.05, 0.1) is 7.11 Å². The van der Waals surface area contributed by atoms with Gasteiger partial charge in [0.2, 0.25) is 0 Å². The van der Waals surface area contributed by atoms with E-state index in [2.05, 4.69) is 4.98 Å². The van der Waals surface area contributed by atoms with Crippen molar-refractivity contribution in [2.75, 3.05) is 14.2 Å². The Labute approximate surface area is 110 Å². The lowest BCUT2D eigenvalue weighted by Gasteiger charge is -2.11. The SMILES string of the molecule is CON(C)C(=O)c1csc(-c2ccc(C)cc2)n1. The molecule has 0 aliphatic heterocycles. The predicted octanol–water partition coefficient (Wildman–Crippen LogP) is 2.75. The fourth-order valence-electron chi connectivity index (χ4n) is 1.44. The number of thiazole rings is 1. The van der Waals surface area contributed by atoms with E-state index >= 15 is 0 Å². The highest BCUT2D eigenvalue weighted by atomic mass is 32.1. The van der Waals surface area contributed by atoms with Crippen molar-refractivity contribution in [3.8, 4) is 10.6 Å². The van der Waals surface area contributed by atoms with Gasteiger partial charge in [-0.15, -0.1) is 11.3 Å². The van der Waals surface area contributed by atoms with Crippen LogP contribution in [0, 0.1) is 6.92 Å². The zero-order valence-electron chi connectivity index (χ0n) is 10.5. The molecule has 0 aliphatic carbocycles. The summed E-state index contributed by atoms with van der Waals surface area (Å²) in [5, 5.41) is 3.74. The molecule has 0 fully saturated rings. The van der Waals surface area contributed by atoms with Crippen LogP contribution in [-0.2, 0) is 4.84 Å². The first kappa shape index (κ1) is 12.7. The Morgan fingerprint density at radius 1 is 1.33 bits per heavy atom. The van der Waals surface area contributed by atoms with Gasteiger partial charge in [-0.2, -0.15) is 0 Å². The molecule has 18 heavy (non-hydrogen) atoms. The van der Waals surface area contributed by atoms with Crippen LogP contribution < -0.4 is 0 Å². The van der Waals surface area contributed by atoms with Crippen molar-refractivity contribution in [1.82, 2.24) is 10.0 Å². The van der Waals surface area contributed by atoms with E-state index < -0.39 is 0 Å². The summed E-state index contributed by atoms with van der Waals surface area (Å²) >= 11 is 1.45. The molecule has 1 aromatic carbocycles. The van der Waals surface area contributed by atoms with Gasteiger partial charge in [0, 0.05) is 18.0 Å². The van der Waals surface area contributed by atoms with E-state index in [9.17, 15) is 4.79 Å². The molecule has 4 nitrogen and oxygen atoms in total. The minimum atomic E-state index is -0.243. The third-order valence-corrected chi connectivity index (χ3v) is 3.47. The van der Waals surface area contributed by atoms with Crippen LogP contribution in [0.2, 0.25) is 0 Å². The van der Waals surface area contributed by atoms with Crippen LogP contribution in [0.25, 0.3) is 10.6 Å². The van der Waals surface area contributed by atoms with E-state index in [1.54, 1.807) is 12.4 Å². The fourth-order valence-corrected chi connectivity index (χ4v) is 2.24. The number of aromatic nitrogens is 1. The number of carbonyl (C=O) groups excluding carboxylic acids is 1. The summed E-state index contributed by atoms with van der Waals surface area (Å²) in [5.41, 5.74) is 2.62. The van der Waals surface area contributed by atoms with Crippen LogP contribution >= 0.6 is 11.3 Å². The van der Waals surface area contributed by atoms with Crippen LogP contribution in [0.5, 0.6) is 0 Å². The largest absolute Gasteiger partial charge is 0.296 e. The minimum absolute atomic E-state index is 0.243. The standard InChI is InChI=1S/C13H14N2O2S/c1-9-4-6-10(7-5-9)12-14-11(8-18-12)13(16)15(2)17-3/h4-8H,1-3H3. The van der Waals surface area contributed by atoms with Gasteiger partial charge >= 0.3 is 0 Å². The molecule has 0 bridgehead atoms. The molecule has 1 aromatic heterocycles. The zero-order chi connectivity index (χ0) is 13.1. The topological polar surface area (TPSA) is 42.4 Å². The maximum atomic E-state index is 11.8. The van der Waals surface area contributed by atoms with Crippen LogP contribution in [0.3, 0.4) is 0 Å². The molecule has 0 atom stereocenters. The number of benzene rings is 1. The molecule has 0 saturated carbocycles. The van der Waals surface area contributed by atoms with E-state index in [0.29, 0.717) is 5.69 Å². The van der Waals surface area contributed by atoms with Crippen LogP contribution in [0.1, 0.15) is 16.1 Å². The van der Waals surface area contributed by atoms with Crippen molar-refractivity contribution in [1.29, 1.82) is 0 Å². The molecule has 0 spiro atoms. The number of nitrogens with zero attached hydrogens (tertiary/aromatic N) is 2. The second-order valence-corrected chi connectivity index (χ2v) is 4.75. The number of aryl methyl sites for hydroxylation is 1. The monoisotopic (exact) mass is 262 g/mol. The first-order valence-electron chi connectivity index (χ1n) is 5.46. The van der Waals surface area contributed by atoms with E-state index in [-0.39, 0.29) is 5.91 Å². The van der Waals surface area contributed by atoms with Crippen LogP contribution in [-0.4, -0.2) is 30.1 Å². The second kappa shape index (κ2) is 5.29. The summed E-state index contributed by atoms with van der Waals surface area (Å²) in [5.74, 6) is -0.243. The molecule has 1 amide bonds. The molecule has 0 saturated heterocycles. The number of hydrogen-bond acceptors (Lipinski definition) is 4. The van der Waals surface area contributed by atoms with Crippen molar-refractivity contribution in [3.05, 3.63) is 40.9 Å². The lowest BCUT2D eigenvalue weighted by Crippen LogP contribution is -2.25. The first-order valence-corrected chi connectivity index (χ1v) is 6.34. The highest BCUT2D eigenvalue weighted by Gasteiger charge is 2.15. The average molecular weight is 262 g/mol. The Morgan fingerprint density at radius 3 is 2.61 bits per heavy atom. The molecule has 1 heterocycles. The third kappa shape index (κ3) is 2.57. The van der Waals surface area contributed by atoms with E-state index in [1.165, 1.54) is 24.0 Å². The van der Waals surface area contributed by atoms with Crippen molar-refractivity contribution in [2.24, 2.45) is 0 Å². The number of hydroxylamine groups is 2. The van der Waals surface area contributed by atoms with Gasteiger partial charge in [-0.3, -0.25) is 9.63 Å². The van der Waals surface area contributed by atoms with E-state index in [1.807, 2.05) is 31.2 Å². The minimum Gasteiger partial charge on any atom is -0.274 e. The Morgan fingerprint density at radius 2 is 2.00 bits per heavy atom. The summed E-state index contributed by atoms with van der Waals surface area (Å²) in [4.78, 5) is 21.0. The number of hydrogen-bond donors (Lipinski definition) is 0. The molecule has 0 radical (unpaired) electrons. The molecule has 5 heteroatoms. The fraction of sp³-hybridized carbons (Fsp3) is 0.231. The van der Waals surface area contributed by atoms with Crippen molar-refractivity contribution < 1.29 is 9.63 Å². The summed E-state index contributed by atoms with van der Waals surface area (Å²) in [6.07, 6.45) is 0. The van der Waals surface area contributed by atoms with Crippen molar-refractivity contribution in [2.45, 2.75) is 6.92 Å². The molecule has 0 N–H and O–H groups in total. The van der Waals surface area contributed by atoms with Crippen LogP contribution in [0.15, 0.2) is 29.6 Å². The maximum Gasteiger partial charge on any atom is 0.296 e. The highest BCUT2D eigenvalue weighted by Crippen LogP contribution is 2.24. The van der Waals surface area contributed by atoms with Gasteiger partial charge in [0.25, 0.3) is 5.91 Å². The summed E-state index contributed by atoms with van der Waals surface area (Å²) < 4.78 is 0. The van der Waals surface area contributed by atoms with E-state index in [0.717, 1.165) is 15.6 Å². The summed E-state index contributed by atoms with van der Waals surface area (Å²) in [6.45, 7) is 2.04. The Hall–Kier alpha value is -1.72. The Bertz CT molecular complexity index is 548. The Balaban J connectivity index is 2.25. The van der Waals surface area contributed by atoms with Gasteiger partial charge in [0.15, 0.2) is 0 Å². The van der Waals surface area contributed by atoms with E-state index in [4.69, 9.17) is 4.84 Å². The molecule has 0 aliphatic rings. The van der Waals surface area contributed by atoms with Crippen molar-refractivity contribution in [3.63, 3.8) is 0 Å². The summed E-state index contributed by atoms with van der Waals surface area (Å²) in [6, 6.07) is 8.06. The molecular formula is C13H14N2O2S. The smallest absolute Gasteiger partial charge is 0.274 e. The number of amides is 1.